The molecule has 0 aliphatic heterocycles. The first-order valence-corrected chi connectivity index (χ1v) is 12.0. The minimum atomic E-state index is -0.947. The molecule has 0 amide bonds. The van der Waals surface area contributed by atoms with Crippen molar-refractivity contribution < 1.29 is 9.47 Å². The summed E-state index contributed by atoms with van der Waals surface area (Å²) < 4.78 is 13.5. The number of H-pyrrole nitrogens is 1. The summed E-state index contributed by atoms with van der Waals surface area (Å²) in [6.45, 7) is 5.03. The Labute approximate surface area is 205 Å². The average molecular weight is 477 g/mol. The number of nitrogens with one attached hydrogen (secondary N) is 1. The van der Waals surface area contributed by atoms with E-state index in [0.717, 1.165) is 54.0 Å². The molecule has 0 atom stereocenters. The maximum absolute atomic E-state index is 5.75. The molecule has 4 aromatic rings. The number of methoxy groups -OCH3 is 2. The van der Waals surface area contributed by atoms with Crippen molar-refractivity contribution in [2.24, 2.45) is 0 Å². The zero-order valence-electron chi connectivity index (χ0n) is 20.7. The molecule has 0 saturated carbocycles. The average Bonchev–Trinajstić information content (AvgIpc) is 3.57. The first-order chi connectivity index (χ1) is 17.1. The Kier molecular flexibility index (Phi) is 7.94. The van der Waals surface area contributed by atoms with Crippen LogP contribution in [0, 0.1) is 0 Å². The third kappa shape index (κ3) is 5.28. The van der Waals surface area contributed by atoms with E-state index in [2.05, 4.69) is 40.5 Å². The van der Waals surface area contributed by atoms with Gasteiger partial charge in [0.05, 0.1) is 0 Å². The van der Waals surface area contributed by atoms with Gasteiger partial charge in [-0.2, -0.15) is 10.3 Å². The number of unbranched alkanes of at least 4 members (excludes halogenated alkanes) is 1. The lowest BCUT2D eigenvalue weighted by atomic mass is 10.0. The predicted molar refractivity (Wildman–Crippen MR) is 131 cm³/mol. The lowest BCUT2D eigenvalue weighted by Gasteiger charge is -2.27. The lowest BCUT2D eigenvalue weighted by Crippen LogP contribution is -2.32. The monoisotopic (exact) mass is 476 g/mol. The quantitative estimate of drug-likeness (QED) is 0.303. The van der Waals surface area contributed by atoms with E-state index < -0.39 is 5.79 Å². The minimum Gasteiger partial charge on any atom is -0.347 e. The molecule has 0 saturated heterocycles. The molecule has 184 valence electrons. The summed E-state index contributed by atoms with van der Waals surface area (Å²) in [5, 5.41) is 19.2. The smallest absolute Gasteiger partial charge is 0.231 e. The second-order valence-corrected chi connectivity index (χ2v) is 8.34. The number of benzene rings is 1. The van der Waals surface area contributed by atoms with Gasteiger partial charge < -0.3 is 9.47 Å². The first-order valence-electron chi connectivity index (χ1n) is 12.0. The van der Waals surface area contributed by atoms with Crippen molar-refractivity contribution in [2.75, 3.05) is 14.2 Å². The predicted octanol–water partition coefficient (Wildman–Crippen LogP) is 4.16. The van der Waals surface area contributed by atoms with E-state index >= 15 is 0 Å². The minimum absolute atomic E-state index is 0.549. The number of ether oxygens (including phenoxy) is 2. The van der Waals surface area contributed by atoms with Crippen LogP contribution in [0.3, 0.4) is 0 Å². The molecule has 0 radical (unpaired) electrons. The highest BCUT2D eigenvalue weighted by Crippen LogP contribution is 2.31. The van der Waals surface area contributed by atoms with Crippen molar-refractivity contribution in [3.63, 3.8) is 0 Å². The molecular weight excluding hydrogens is 444 g/mol. The Morgan fingerprint density at radius 3 is 2.43 bits per heavy atom. The fourth-order valence-corrected chi connectivity index (χ4v) is 4.12. The third-order valence-electron chi connectivity index (χ3n) is 6.04. The second-order valence-electron chi connectivity index (χ2n) is 8.34. The molecule has 0 spiro atoms. The number of aromatic amines is 1. The molecular formula is C25H32N8O2. The van der Waals surface area contributed by atoms with E-state index in [4.69, 9.17) is 24.5 Å². The molecule has 0 aliphatic rings. The lowest BCUT2D eigenvalue weighted by molar-refractivity contribution is -0.225. The normalized spacial score (nSPS) is 11.8. The summed E-state index contributed by atoms with van der Waals surface area (Å²) in [4.78, 5) is 9.59. The van der Waals surface area contributed by atoms with E-state index in [9.17, 15) is 0 Å². The Balaban J connectivity index is 1.62. The van der Waals surface area contributed by atoms with Crippen LogP contribution in [-0.2, 0) is 28.2 Å². The van der Waals surface area contributed by atoms with Gasteiger partial charge in [-0.15, -0.1) is 10.2 Å². The van der Waals surface area contributed by atoms with Gasteiger partial charge in [0.25, 0.3) is 0 Å². The Hall–Kier alpha value is -3.50. The van der Waals surface area contributed by atoms with Crippen LogP contribution in [0.15, 0.2) is 42.6 Å². The van der Waals surface area contributed by atoms with Crippen LogP contribution in [0.2, 0.25) is 0 Å². The highest BCUT2D eigenvalue weighted by atomic mass is 16.7. The topological polar surface area (TPSA) is 117 Å². The fraction of sp³-hybridized carbons (Fsp3) is 0.440. The third-order valence-corrected chi connectivity index (χ3v) is 6.04. The summed E-state index contributed by atoms with van der Waals surface area (Å²) >= 11 is 0. The number of pyridine rings is 1. The summed E-state index contributed by atoms with van der Waals surface area (Å²) in [6, 6.07) is 12.0. The van der Waals surface area contributed by atoms with Gasteiger partial charge in [-0.25, -0.2) is 9.67 Å². The first kappa shape index (κ1) is 24.6. The number of nitrogens with zero attached hydrogens (tertiary/aromatic N) is 7. The molecule has 4 rings (SSSR count). The van der Waals surface area contributed by atoms with Gasteiger partial charge in [-0.05, 0) is 23.3 Å². The van der Waals surface area contributed by atoms with Gasteiger partial charge in [0.15, 0.2) is 0 Å². The summed E-state index contributed by atoms with van der Waals surface area (Å²) in [5.74, 6) is 1.00. The number of hydrogen-bond acceptors (Lipinski definition) is 8. The van der Waals surface area contributed by atoms with Crippen LogP contribution in [-0.4, -0.2) is 54.6 Å². The number of rotatable bonds is 12. The van der Waals surface area contributed by atoms with E-state index in [1.807, 2.05) is 41.2 Å². The van der Waals surface area contributed by atoms with Crippen molar-refractivity contribution in [2.45, 2.75) is 58.3 Å². The van der Waals surface area contributed by atoms with Gasteiger partial charge in [0.1, 0.15) is 5.82 Å². The zero-order valence-corrected chi connectivity index (χ0v) is 20.7. The maximum Gasteiger partial charge on any atom is 0.231 e. The molecule has 0 aliphatic carbocycles. The summed E-state index contributed by atoms with van der Waals surface area (Å²) in [6.07, 6.45) is 6.05. The molecule has 0 fully saturated rings. The van der Waals surface area contributed by atoms with Crippen molar-refractivity contribution in [1.82, 2.24) is 40.4 Å². The second kappa shape index (κ2) is 11.3. The van der Waals surface area contributed by atoms with Crippen molar-refractivity contribution >= 4 is 0 Å². The van der Waals surface area contributed by atoms with Crippen LogP contribution in [0.4, 0.5) is 0 Å². The molecule has 10 heteroatoms. The van der Waals surface area contributed by atoms with Gasteiger partial charge in [0, 0.05) is 56.6 Å². The maximum atomic E-state index is 5.75. The highest BCUT2D eigenvalue weighted by Gasteiger charge is 2.36. The Morgan fingerprint density at radius 1 is 1.00 bits per heavy atom. The van der Waals surface area contributed by atoms with Crippen LogP contribution < -0.4 is 0 Å². The van der Waals surface area contributed by atoms with Crippen LogP contribution >= 0.6 is 0 Å². The Bertz CT molecular complexity index is 1200. The van der Waals surface area contributed by atoms with E-state index in [0.29, 0.717) is 24.5 Å². The number of tetrazole rings is 1. The van der Waals surface area contributed by atoms with Gasteiger partial charge in [0.2, 0.25) is 17.4 Å². The van der Waals surface area contributed by atoms with Crippen LogP contribution in [0.1, 0.15) is 56.9 Å². The summed E-state index contributed by atoms with van der Waals surface area (Å²) in [5.41, 5.74) is 3.76. The molecule has 1 aromatic carbocycles. The fourth-order valence-electron chi connectivity index (χ4n) is 4.12. The van der Waals surface area contributed by atoms with Crippen molar-refractivity contribution in [3.05, 3.63) is 59.9 Å². The van der Waals surface area contributed by atoms with Crippen molar-refractivity contribution in [1.29, 1.82) is 0 Å². The molecule has 10 nitrogen and oxygen atoms in total. The molecule has 3 heterocycles. The van der Waals surface area contributed by atoms with E-state index in [1.165, 1.54) is 0 Å². The molecule has 35 heavy (non-hydrogen) atoms. The zero-order chi connectivity index (χ0) is 24.7. The molecule has 0 bridgehead atoms. The van der Waals surface area contributed by atoms with E-state index in [1.54, 1.807) is 14.2 Å². The number of aryl methyl sites for hydroxylation is 1. The van der Waals surface area contributed by atoms with Crippen LogP contribution in [0.5, 0.6) is 0 Å². The largest absolute Gasteiger partial charge is 0.347 e. The van der Waals surface area contributed by atoms with Crippen LogP contribution in [0.25, 0.3) is 22.5 Å². The molecule has 0 unspecified atom stereocenters. The molecule has 1 N–H and O–H groups in total. The number of aromatic nitrogens is 8. The summed E-state index contributed by atoms with van der Waals surface area (Å²) in [7, 11) is 3.27. The molecule has 3 aromatic heterocycles. The standard InChI is InChI=1S/C25H32N8O2/c1-5-7-15-33-22(27-24(30-33)25(34-3,35-4)14-6-2)16-19-13-12-18(17-26-19)20-10-8-9-11-21(20)23-28-31-32-29-23/h8-13,17H,5-7,14-16H2,1-4H3,(H,28,29,31,32). The van der Waals surface area contributed by atoms with Gasteiger partial charge in [-0.3, -0.25) is 4.98 Å². The van der Waals surface area contributed by atoms with Crippen molar-refractivity contribution in [3.8, 4) is 22.5 Å². The van der Waals surface area contributed by atoms with Gasteiger partial charge in [-0.1, -0.05) is 57.0 Å². The van der Waals surface area contributed by atoms with E-state index in [-0.39, 0.29) is 0 Å². The van der Waals surface area contributed by atoms with Gasteiger partial charge >= 0.3 is 0 Å². The SMILES string of the molecule is CCCCn1nc(C(CCC)(OC)OC)nc1Cc1ccc(-c2ccccc2-c2nn[nH]n2)cn1. The highest BCUT2D eigenvalue weighted by molar-refractivity contribution is 5.79. The number of hydrogen-bond donors (Lipinski definition) is 1. The Morgan fingerprint density at radius 2 is 1.80 bits per heavy atom.